The third-order valence-electron chi connectivity index (χ3n) is 2.46. The van der Waals surface area contributed by atoms with Gasteiger partial charge in [0.15, 0.2) is 0 Å². The number of ether oxygens (including phenoxy) is 1. The van der Waals surface area contributed by atoms with E-state index in [9.17, 15) is 4.79 Å². The minimum atomic E-state index is -1.12. The molecular weight excluding hydrogens is 256 g/mol. The zero-order chi connectivity index (χ0) is 13.3. The number of carboxylic acids is 1. The van der Waals surface area contributed by atoms with Crippen LogP contribution in [0.25, 0.3) is 10.9 Å². The predicted molar refractivity (Wildman–Crippen MR) is 69.3 cm³/mol. The van der Waals surface area contributed by atoms with Crippen molar-refractivity contribution in [3.05, 3.63) is 28.9 Å². The molecule has 0 amide bonds. The van der Waals surface area contributed by atoms with E-state index in [1.54, 1.807) is 12.1 Å². The van der Waals surface area contributed by atoms with Crippen LogP contribution < -0.4 is 10.5 Å². The first kappa shape index (κ1) is 12.4. The van der Waals surface area contributed by atoms with E-state index in [-0.39, 0.29) is 10.6 Å². The van der Waals surface area contributed by atoms with Gasteiger partial charge in [0.05, 0.1) is 28.4 Å². The van der Waals surface area contributed by atoms with Gasteiger partial charge in [0.2, 0.25) is 0 Å². The number of nitrogens with two attached hydrogens (primary N) is 1. The van der Waals surface area contributed by atoms with Gasteiger partial charge in [0, 0.05) is 17.6 Å². The van der Waals surface area contributed by atoms with Gasteiger partial charge in [-0.25, -0.2) is 4.79 Å². The predicted octanol–water partition coefficient (Wildman–Crippen LogP) is 2.57. The Morgan fingerprint density at radius 1 is 1.56 bits per heavy atom. The standard InChI is InChI=1S/C12H11ClN2O3/c1-2-18-10-4-9-6(3-8(10)14)11(13)7(5-15-9)12(16)17/h3-5H,2,14H2,1H3,(H,16,17). The van der Waals surface area contributed by atoms with Crippen molar-refractivity contribution in [1.82, 2.24) is 4.98 Å². The number of fused-ring (bicyclic) bond motifs is 1. The van der Waals surface area contributed by atoms with E-state index in [1.165, 1.54) is 6.20 Å². The molecule has 0 unspecified atom stereocenters. The molecule has 94 valence electrons. The van der Waals surface area contributed by atoms with E-state index < -0.39 is 5.97 Å². The molecule has 18 heavy (non-hydrogen) atoms. The topological polar surface area (TPSA) is 85.4 Å². The van der Waals surface area contributed by atoms with Gasteiger partial charge in [-0.2, -0.15) is 0 Å². The fraction of sp³-hybridized carbons (Fsp3) is 0.167. The average molecular weight is 267 g/mol. The number of nitrogens with zero attached hydrogens (tertiary/aromatic N) is 1. The lowest BCUT2D eigenvalue weighted by molar-refractivity contribution is 0.0697. The van der Waals surface area contributed by atoms with Crippen LogP contribution in [0.5, 0.6) is 5.75 Å². The lowest BCUT2D eigenvalue weighted by Crippen LogP contribution is -2.01. The molecule has 1 heterocycles. The number of anilines is 1. The lowest BCUT2D eigenvalue weighted by Gasteiger charge is -2.09. The summed E-state index contributed by atoms with van der Waals surface area (Å²) in [5.41, 5.74) is 6.70. The summed E-state index contributed by atoms with van der Waals surface area (Å²) in [6, 6.07) is 3.22. The summed E-state index contributed by atoms with van der Waals surface area (Å²) in [6.07, 6.45) is 1.22. The highest BCUT2D eigenvalue weighted by Crippen LogP contribution is 2.32. The summed E-state index contributed by atoms with van der Waals surface area (Å²) < 4.78 is 5.34. The molecule has 0 saturated heterocycles. The molecule has 0 saturated carbocycles. The smallest absolute Gasteiger partial charge is 0.338 e. The zero-order valence-electron chi connectivity index (χ0n) is 9.61. The molecule has 1 aromatic heterocycles. The molecule has 2 aromatic rings. The van der Waals surface area contributed by atoms with Gasteiger partial charge < -0.3 is 15.6 Å². The molecule has 1 aromatic carbocycles. The summed E-state index contributed by atoms with van der Waals surface area (Å²) in [4.78, 5) is 15.0. The van der Waals surface area contributed by atoms with Crippen LogP contribution >= 0.6 is 11.6 Å². The summed E-state index contributed by atoms with van der Waals surface area (Å²) >= 11 is 6.02. The van der Waals surface area contributed by atoms with E-state index in [1.807, 2.05) is 6.92 Å². The molecule has 6 heteroatoms. The van der Waals surface area contributed by atoms with E-state index >= 15 is 0 Å². The number of aromatic nitrogens is 1. The van der Waals surface area contributed by atoms with Crippen LogP contribution in [0.3, 0.4) is 0 Å². The highest BCUT2D eigenvalue weighted by molar-refractivity contribution is 6.38. The molecule has 3 N–H and O–H groups in total. The second kappa shape index (κ2) is 4.70. The van der Waals surface area contributed by atoms with Crippen molar-refractivity contribution in [3.8, 4) is 5.75 Å². The lowest BCUT2D eigenvalue weighted by atomic mass is 10.1. The number of carboxylic acid groups (broad SMARTS) is 1. The van der Waals surface area contributed by atoms with Crippen LogP contribution in [0.1, 0.15) is 17.3 Å². The second-order valence-electron chi connectivity index (χ2n) is 3.63. The summed E-state index contributed by atoms with van der Waals surface area (Å²) in [5.74, 6) is -0.613. The molecule has 0 aliphatic heterocycles. The number of benzene rings is 1. The largest absolute Gasteiger partial charge is 0.492 e. The zero-order valence-corrected chi connectivity index (χ0v) is 10.4. The Balaban J connectivity index is 2.69. The summed E-state index contributed by atoms with van der Waals surface area (Å²) in [6.45, 7) is 2.33. The Morgan fingerprint density at radius 3 is 2.89 bits per heavy atom. The van der Waals surface area contributed by atoms with Crippen LogP contribution in [0.2, 0.25) is 5.02 Å². The molecule has 0 radical (unpaired) electrons. The fourth-order valence-electron chi connectivity index (χ4n) is 1.63. The fourth-order valence-corrected chi connectivity index (χ4v) is 1.91. The summed E-state index contributed by atoms with van der Waals surface area (Å²) in [5, 5.41) is 9.58. The minimum Gasteiger partial charge on any atom is -0.492 e. The van der Waals surface area contributed by atoms with Crippen molar-refractivity contribution in [2.45, 2.75) is 6.92 Å². The van der Waals surface area contributed by atoms with Crippen LogP contribution in [0.15, 0.2) is 18.3 Å². The molecule has 5 nitrogen and oxygen atoms in total. The van der Waals surface area contributed by atoms with Crippen molar-refractivity contribution in [1.29, 1.82) is 0 Å². The van der Waals surface area contributed by atoms with Gasteiger partial charge in [-0.3, -0.25) is 4.98 Å². The van der Waals surface area contributed by atoms with Crippen molar-refractivity contribution in [2.24, 2.45) is 0 Å². The highest BCUT2D eigenvalue weighted by atomic mass is 35.5. The first-order valence-electron chi connectivity index (χ1n) is 5.28. The van der Waals surface area contributed by atoms with E-state index in [0.29, 0.717) is 28.9 Å². The van der Waals surface area contributed by atoms with Crippen LogP contribution in [0.4, 0.5) is 5.69 Å². The van der Waals surface area contributed by atoms with Gasteiger partial charge >= 0.3 is 5.97 Å². The number of nitrogen functional groups attached to an aromatic ring is 1. The number of rotatable bonds is 3. The molecule has 0 spiro atoms. The summed E-state index contributed by atoms with van der Waals surface area (Å²) in [7, 11) is 0. The Bertz CT molecular complexity index is 628. The third kappa shape index (κ3) is 2.04. The number of aromatic carboxylic acids is 1. The van der Waals surface area contributed by atoms with E-state index in [2.05, 4.69) is 4.98 Å². The Hall–Kier alpha value is -2.01. The normalized spacial score (nSPS) is 10.6. The Morgan fingerprint density at radius 2 is 2.28 bits per heavy atom. The maximum Gasteiger partial charge on any atom is 0.338 e. The van der Waals surface area contributed by atoms with Crippen molar-refractivity contribution in [3.63, 3.8) is 0 Å². The van der Waals surface area contributed by atoms with Gasteiger partial charge in [-0.1, -0.05) is 11.6 Å². The first-order valence-corrected chi connectivity index (χ1v) is 5.66. The molecular formula is C12H11ClN2O3. The highest BCUT2D eigenvalue weighted by Gasteiger charge is 2.14. The van der Waals surface area contributed by atoms with Crippen LogP contribution in [-0.4, -0.2) is 22.7 Å². The van der Waals surface area contributed by atoms with Crippen LogP contribution in [-0.2, 0) is 0 Å². The molecule has 0 aliphatic rings. The van der Waals surface area contributed by atoms with Gasteiger partial charge in [-0.05, 0) is 13.0 Å². The van der Waals surface area contributed by atoms with Gasteiger partial charge in [0.1, 0.15) is 5.75 Å². The maximum atomic E-state index is 10.9. The molecule has 2 rings (SSSR count). The number of hydrogen-bond donors (Lipinski definition) is 2. The SMILES string of the molecule is CCOc1cc2ncc(C(=O)O)c(Cl)c2cc1N. The minimum absolute atomic E-state index is 0.0484. The first-order chi connectivity index (χ1) is 8.54. The van der Waals surface area contributed by atoms with Crippen LogP contribution in [0, 0.1) is 0 Å². The maximum absolute atomic E-state index is 10.9. The Kier molecular flexibility index (Phi) is 3.25. The van der Waals surface area contributed by atoms with E-state index in [4.69, 9.17) is 27.2 Å². The molecule has 0 bridgehead atoms. The van der Waals surface area contributed by atoms with Crippen molar-refractivity contribution < 1.29 is 14.6 Å². The quantitative estimate of drug-likeness (QED) is 0.834. The van der Waals surface area contributed by atoms with Gasteiger partial charge in [0.25, 0.3) is 0 Å². The van der Waals surface area contributed by atoms with Crippen molar-refractivity contribution >= 4 is 34.2 Å². The number of hydrogen-bond acceptors (Lipinski definition) is 4. The monoisotopic (exact) mass is 266 g/mol. The van der Waals surface area contributed by atoms with E-state index in [0.717, 1.165) is 0 Å². The second-order valence-corrected chi connectivity index (χ2v) is 4.01. The average Bonchev–Trinajstić information content (AvgIpc) is 2.31. The van der Waals surface area contributed by atoms with Crippen molar-refractivity contribution in [2.75, 3.05) is 12.3 Å². The number of carbonyl (C=O) groups is 1. The molecule has 0 fully saturated rings. The Labute approximate surface area is 108 Å². The molecule has 0 atom stereocenters. The van der Waals surface area contributed by atoms with Gasteiger partial charge in [-0.15, -0.1) is 0 Å². The number of halogens is 1. The molecule has 0 aliphatic carbocycles. The number of pyridine rings is 1. The third-order valence-corrected chi connectivity index (χ3v) is 2.87.